The van der Waals surface area contributed by atoms with Crippen molar-refractivity contribution in [2.24, 2.45) is 0 Å². The Labute approximate surface area is 176 Å². The molecule has 0 fully saturated rings. The van der Waals surface area contributed by atoms with Crippen molar-refractivity contribution < 1.29 is 9.53 Å². The average Bonchev–Trinajstić information content (AvgIpc) is 3.09. The third-order valence-corrected chi connectivity index (χ3v) is 6.21. The number of aromatic amines is 1. The summed E-state index contributed by atoms with van der Waals surface area (Å²) in [6, 6.07) is 10.9. The molecule has 0 unspecified atom stereocenters. The van der Waals surface area contributed by atoms with Gasteiger partial charge in [-0.25, -0.2) is 9.97 Å². The molecule has 0 saturated carbocycles. The molecule has 0 bridgehead atoms. The molecule has 3 rings (SSSR count). The smallest absolute Gasteiger partial charge is 0.274 e. The van der Waals surface area contributed by atoms with Crippen molar-refractivity contribution in [3.8, 4) is 11.3 Å². The molecule has 0 saturated heterocycles. The molecule has 2 heterocycles. The predicted molar refractivity (Wildman–Crippen MR) is 119 cm³/mol. The molecule has 0 radical (unpaired) electrons. The van der Waals surface area contributed by atoms with E-state index in [1.165, 1.54) is 12.5 Å². The van der Waals surface area contributed by atoms with Crippen LogP contribution in [-0.4, -0.2) is 40.1 Å². The van der Waals surface area contributed by atoms with E-state index in [9.17, 15) is 9.59 Å². The van der Waals surface area contributed by atoms with Crippen molar-refractivity contribution >= 4 is 19.7 Å². The van der Waals surface area contributed by atoms with Crippen molar-refractivity contribution in [2.75, 3.05) is 11.9 Å². The van der Waals surface area contributed by atoms with E-state index in [1.54, 1.807) is 6.33 Å². The highest BCUT2D eigenvalue weighted by Gasteiger charge is 2.18. The van der Waals surface area contributed by atoms with Crippen LogP contribution in [0.4, 0.5) is 5.69 Å². The van der Waals surface area contributed by atoms with Crippen molar-refractivity contribution in [1.82, 2.24) is 19.5 Å². The van der Waals surface area contributed by atoms with Crippen LogP contribution in [0, 0.1) is 0 Å². The summed E-state index contributed by atoms with van der Waals surface area (Å²) >= 11 is 0. The molecule has 1 aromatic carbocycles. The van der Waals surface area contributed by atoms with Gasteiger partial charge in [0.05, 0.1) is 36.7 Å². The number of rotatable bonds is 9. The average molecular weight is 426 g/mol. The van der Waals surface area contributed by atoms with E-state index in [4.69, 9.17) is 4.74 Å². The van der Waals surface area contributed by atoms with Gasteiger partial charge in [0.1, 0.15) is 12.4 Å². The second-order valence-electron chi connectivity index (χ2n) is 8.24. The SMILES string of the molecule is C[Si](C)(C)CCOCn1cnc(CC(=O)Nc2cnc[nH]c2=O)c1-c1ccccc1. The molecule has 3 aromatic rings. The van der Waals surface area contributed by atoms with Gasteiger partial charge in [0, 0.05) is 20.2 Å². The predicted octanol–water partition coefficient (Wildman–Crippen LogP) is 3.13. The van der Waals surface area contributed by atoms with Crippen LogP contribution in [0.5, 0.6) is 0 Å². The van der Waals surface area contributed by atoms with Crippen LogP contribution in [0.2, 0.25) is 25.7 Å². The van der Waals surface area contributed by atoms with Gasteiger partial charge in [-0.15, -0.1) is 0 Å². The summed E-state index contributed by atoms with van der Waals surface area (Å²) in [5.74, 6) is -0.337. The fraction of sp³-hybridized carbons (Fsp3) is 0.333. The third kappa shape index (κ3) is 5.98. The Morgan fingerprint density at radius 3 is 2.70 bits per heavy atom. The number of ether oxygens (including phenoxy) is 1. The number of nitrogens with one attached hydrogen (secondary N) is 2. The number of imidazole rings is 1. The zero-order valence-corrected chi connectivity index (χ0v) is 18.5. The van der Waals surface area contributed by atoms with Crippen LogP contribution in [0.3, 0.4) is 0 Å². The lowest BCUT2D eigenvalue weighted by molar-refractivity contribution is -0.115. The number of benzene rings is 1. The normalized spacial score (nSPS) is 11.4. The van der Waals surface area contributed by atoms with E-state index in [1.807, 2.05) is 34.9 Å². The molecular formula is C21H27N5O3Si. The maximum absolute atomic E-state index is 12.5. The number of carbonyl (C=O) groups is 1. The molecule has 0 atom stereocenters. The number of amides is 1. The lowest BCUT2D eigenvalue weighted by Gasteiger charge is -2.16. The molecule has 9 heteroatoms. The first-order chi connectivity index (χ1) is 14.3. The van der Waals surface area contributed by atoms with Crippen LogP contribution >= 0.6 is 0 Å². The van der Waals surface area contributed by atoms with E-state index >= 15 is 0 Å². The number of carbonyl (C=O) groups excluding carboxylic acids is 1. The first-order valence-electron chi connectivity index (χ1n) is 9.83. The van der Waals surface area contributed by atoms with E-state index in [0.29, 0.717) is 19.0 Å². The Bertz CT molecular complexity index is 1040. The number of anilines is 1. The molecule has 2 N–H and O–H groups in total. The first kappa shape index (κ1) is 21.7. The van der Waals surface area contributed by atoms with Gasteiger partial charge in [-0.1, -0.05) is 50.0 Å². The van der Waals surface area contributed by atoms with E-state index in [-0.39, 0.29) is 18.0 Å². The van der Waals surface area contributed by atoms with Gasteiger partial charge in [0.2, 0.25) is 5.91 Å². The Morgan fingerprint density at radius 1 is 1.23 bits per heavy atom. The summed E-state index contributed by atoms with van der Waals surface area (Å²) in [5, 5.41) is 2.59. The van der Waals surface area contributed by atoms with Crippen LogP contribution < -0.4 is 10.9 Å². The highest BCUT2D eigenvalue weighted by molar-refractivity contribution is 6.76. The standard InChI is InChI=1S/C21H27N5O3Si/c1-30(2,3)10-9-29-15-26-14-24-17(20(26)16-7-5-4-6-8-16)11-19(27)25-18-12-22-13-23-21(18)28/h4-8,12-14H,9-11,15H2,1-3H3,(H,25,27)(H,22,23,28). The summed E-state index contributed by atoms with van der Waals surface area (Å²) in [7, 11) is -1.17. The minimum atomic E-state index is -1.17. The van der Waals surface area contributed by atoms with Gasteiger partial charge in [-0.3, -0.25) is 9.59 Å². The monoisotopic (exact) mass is 425 g/mol. The third-order valence-electron chi connectivity index (χ3n) is 4.51. The topological polar surface area (TPSA) is 102 Å². The number of aromatic nitrogens is 4. The maximum Gasteiger partial charge on any atom is 0.274 e. The highest BCUT2D eigenvalue weighted by atomic mass is 28.3. The van der Waals surface area contributed by atoms with Gasteiger partial charge in [-0.2, -0.15) is 0 Å². The number of H-pyrrole nitrogens is 1. The summed E-state index contributed by atoms with van der Waals surface area (Å²) in [4.78, 5) is 35.0. The lowest BCUT2D eigenvalue weighted by atomic mass is 10.1. The molecule has 0 aliphatic heterocycles. The van der Waals surface area contributed by atoms with Gasteiger partial charge >= 0.3 is 0 Å². The van der Waals surface area contributed by atoms with Crippen LogP contribution in [0.25, 0.3) is 11.3 Å². The summed E-state index contributed by atoms with van der Waals surface area (Å²) < 4.78 is 7.81. The molecule has 0 aliphatic rings. The molecule has 1 amide bonds. The van der Waals surface area contributed by atoms with Crippen molar-refractivity contribution in [3.63, 3.8) is 0 Å². The first-order valence-corrected chi connectivity index (χ1v) is 13.5. The molecule has 0 aliphatic carbocycles. The largest absolute Gasteiger partial charge is 0.361 e. The van der Waals surface area contributed by atoms with Crippen LogP contribution in [-0.2, 0) is 22.7 Å². The quantitative estimate of drug-likeness (QED) is 0.405. The second kappa shape index (κ2) is 9.64. The Balaban J connectivity index is 1.77. The summed E-state index contributed by atoms with van der Waals surface area (Å²) in [5.41, 5.74) is 2.11. The van der Waals surface area contributed by atoms with E-state index < -0.39 is 13.6 Å². The van der Waals surface area contributed by atoms with E-state index in [0.717, 1.165) is 17.3 Å². The molecular weight excluding hydrogens is 398 g/mol. The highest BCUT2D eigenvalue weighted by Crippen LogP contribution is 2.24. The van der Waals surface area contributed by atoms with Crippen molar-refractivity contribution in [3.05, 3.63) is 65.2 Å². The molecule has 30 heavy (non-hydrogen) atoms. The summed E-state index contributed by atoms with van der Waals surface area (Å²) in [6.07, 6.45) is 4.31. The fourth-order valence-electron chi connectivity index (χ4n) is 2.90. The minimum absolute atomic E-state index is 0.0282. The summed E-state index contributed by atoms with van der Waals surface area (Å²) in [6.45, 7) is 8.00. The van der Waals surface area contributed by atoms with Gasteiger partial charge in [0.15, 0.2) is 0 Å². The second-order valence-corrected chi connectivity index (χ2v) is 13.9. The lowest BCUT2D eigenvalue weighted by Crippen LogP contribution is -2.22. The minimum Gasteiger partial charge on any atom is -0.361 e. The molecule has 8 nitrogen and oxygen atoms in total. The zero-order chi connectivity index (χ0) is 21.6. The number of nitrogens with zero attached hydrogens (tertiary/aromatic N) is 3. The Kier molecular flexibility index (Phi) is 6.96. The van der Waals surface area contributed by atoms with Crippen molar-refractivity contribution in [2.45, 2.75) is 38.8 Å². The van der Waals surface area contributed by atoms with Gasteiger partial charge < -0.3 is 19.6 Å². The fourth-order valence-corrected chi connectivity index (χ4v) is 3.66. The molecule has 158 valence electrons. The maximum atomic E-state index is 12.5. The number of hydrogen-bond donors (Lipinski definition) is 2. The Morgan fingerprint density at radius 2 is 2.00 bits per heavy atom. The molecule has 0 spiro atoms. The van der Waals surface area contributed by atoms with Crippen LogP contribution in [0.15, 0.2) is 54.0 Å². The zero-order valence-electron chi connectivity index (χ0n) is 17.5. The Hall–Kier alpha value is -3.04. The number of hydrogen-bond acceptors (Lipinski definition) is 5. The van der Waals surface area contributed by atoms with Gasteiger partial charge in [0.25, 0.3) is 5.56 Å². The van der Waals surface area contributed by atoms with Gasteiger partial charge in [-0.05, 0) is 6.04 Å². The molecule has 2 aromatic heterocycles. The van der Waals surface area contributed by atoms with Crippen molar-refractivity contribution in [1.29, 1.82) is 0 Å². The van der Waals surface area contributed by atoms with Crippen LogP contribution in [0.1, 0.15) is 5.69 Å². The van der Waals surface area contributed by atoms with E-state index in [2.05, 4.69) is 39.9 Å².